The average Bonchev–Trinajstić information content (AvgIpc) is 2.75. The molecule has 1 fully saturated rings. The van der Waals surface area contributed by atoms with E-state index in [1.807, 2.05) is 30.3 Å². The first-order valence-corrected chi connectivity index (χ1v) is 7.68. The lowest BCUT2D eigenvalue weighted by Crippen LogP contribution is -2.38. The minimum Gasteiger partial charge on any atom is -0.480 e. The molecule has 0 radical (unpaired) electrons. The molecule has 0 aromatic heterocycles. The fourth-order valence-electron chi connectivity index (χ4n) is 2.45. The van der Waals surface area contributed by atoms with E-state index in [9.17, 15) is 19.5 Å². The molecule has 1 aromatic carbocycles. The zero-order valence-corrected chi connectivity index (χ0v) is 12.5. The molecule has 2 unspecified atom stereocenters. The molecule has 1 aliphatic heterocycles. The van der Waals surface area contributed by atoms with Crippen molar-refractivity contribution in [3.05, 3.63) is 35.9 Å². The zero-order chi connectivity index (χ0) is 15.4. The molecule has 0 spiro atoms. The summed E-state index contributed by atoms with van der Waals surface area (Å²) >= 11 is 1.08. The molecule has 5 nitrogen and oxygen atoms in total. The molecule has 1 aromatic rings. The molecule has 1 heterocycles. The van der Waals surface area contributed by atoms with Crippen molar-refractivity contribution in [3.63, 3.8) is 0 Å². The topological polar surface area (TPSA) is 74.7 Å². The lowest BCUT2D eigenvalue weighted by atomic mass is 10.1. The highest BCUT2D eigenvalue weighted by Gasteiger charge is 2.43. The van der Waals surface area contributed by atoms with Crippen LogP contribution in [0.2, 0.25) is 0 Å². The summed E-state index contributed by atoms with van der Waals surface area (Å²) in [7, 11) is 0. The highest BCUT2D eigenvalue weighted by molar-refractivity contribution is 8.13. The molecular formula is C15H17NO4S. The van der Waals surface area contributed by atoms with E-state index >= 15 is 0 Å². The maximum atomic E-state index is 12.4. The van der Waals surface area contributed by atoms with Gasteiger partial charge in [0.15, 0.2) is 5.12 Å². The van der Waals surface area contributed by atoms with Crippen molar-refractivity contribution < 1.29 is 19.5 Å². The summed E-state index contributed by atoms with van der Waals surface area (Å²) < 4.78 is 0. The van der Waals surface area contributed by atoms with Gasteiger partial charge in [-0.25, -0.2) is 4.79 Å². The molecule has 2 rings (SSSR count). The van der Waals surface area contributed by atoms with Crippen LogP contribution in [0.1, 0.15) is 18.9 Å². The number of nitrogens with zero attached hydrogens (tertiary/aromatic N) is 1. The van der Waals surface area contributed by atoms with Crippen LogP contribution in [0.5, 0.6) is 0 Å². The van der Waals surface area contributed by atoms with E-state index in [0.29, 0.717) is 5.75 Å². The monoisotopic (exact) mass is 307 g/mol. The number of hydrogen-bond donors (Lipinski definition) is 1. The summed E-state index contributed by atoms with van der Waals surface area (Å²) in [6.07, 6.45) is 0.265. The van der Waals surface area contributed by atoms with Gasteiger partial charge < -0.3 is 10.0 Å². The molecule has 0 bridgehead atoms. The van der Waals surface area contributed by atoms with Crippen molar-refractivity contribution in [2.24, 2.45) is 5.92 Å². The Labute approximate surface area is 127 Å². The number of rotatable bonds is 5. The lowest BCUT2D eigenvalue weighted by molar-refractivity contribution is -0.146. The predicted molar refractivity (Wildman–Crippen MR) is 79.7 cm³/mol. The Morgan fingerprint density at radius 2 is 2.00 bits per heavy atom. The van der Waals surface area contributed by atoms with Crippen LogP contribution in [0.25, 0.3) is 0 Å². The number of likely N-dealkylation sites (tertiary alicyclic amines) is 1. The summed E-state index contributed by atoms with van der Waals surface area (Å²) in [6.45, 7) is 1.73. The van der Waals surface area contributed by atoms with Crippen molar-refractivity contribution in [3.8, 4) is 0 Å². The van der Waals surface area contributed by atoms with Crippen LogP contribution in [0.3, 0.4) is 0 Å². The molecule has 2 atom stereocenters. The molecule has 112 valence electrons. The van der Waals surface area contributed by atoms with Crippen molar-refractivity contribution >= 4 is 28.8 Å². The van der Waals surface area contributed by atoms with Crippen LogP contribution >= 0.6 is 11.8 Å². The largest absolute Gasteiger partial charge is 0.480 e. The van der Waals surface area contributed by atoms with Crippen LogP contribution < -0.4 is 0 Å². The van der Waals surface area contributed by atoms with Crippen molar-refractivity contribution in [1.29, 1.82) is 0 Å². The minimum absolute atomic E-state index is 0.0591. The van der Waals surface area contributed by atoms with Crippen LogP contribution in [-0.2, 0) is 20.9 Å². The second kappa shape index (κ2) is 6.76. The first kappa shape index (κ1) is 15.6. The van der Waals surface area contributed by atoms with Gasteiger partial charge in [0, 0.05) is 19.2 Å². The first-order valence-electron chi connectivity index (χ1n) is 6.69. The Bertz CT molecular complexity index is 546. The first-order chi connectivity index (χ1) is 9.99. The van der Waals surface area contributed by atoms with E-state index in [1.54, 1.807) is 0 Å². The van der Waals surface area contributed by atoms with Gasteiger partial charge >= 0.3 is 5.97 Å². The molecule has 1 aliphatic rings. The standard InChI is InChI=1S/C15H17NO4S/c1-10(17)21-9-12-7-13(15(19)20)16(14(12)18)8-11-5-3-2-4-6-11/h2-6,12-13H,7-9H2,1H3,(H,19,20). The van der Waals surface area contributed by atoms with Gasteiger partial charge in [0.05, 0.1) is 5.92 Å². The van der Waals surface area contributed by atoms with Gasteiger partial charge in [-0.2, -0.15) is 0 Å². The van der Waals surface area contributed by atoms with E-state index < -0.39 is 17.9 Å². The van der Waals surface area contributed by atoms with Gasteiger partial charge in [-0.3, -0.25) is 9.59 Å². The number of carboxylic acids is 1. The van der Waals surface area contributed by atoms with Gasteiger partial charge in [0.1, 0.15) is 6.04 Å². The summed E-state index contributed by atoms with van der Waals surface area (Å²) in [5, 5.41) is 9.25. The molecule has 6 heteroatoms. The van der Waals surface area contributed by atoms with E-state index in [0.717, 1.165) is 17.3 Å². The molecule has 0 saturated carbocycles. The quantitative estimate of drug-likeness (QED) is 0.897. The van der Waals surface area contributed by atoms with Gasteiger partial charge in [-0.05, 0) is 12.0 Å². The summed E-state index contributed by atoms with van der Waals surface area (Å²) in [5.74, 6) is -1.22. The second-order valence-corrected chi connectivity index (χ2v) is 6.24. The Morgan fingerprint density at radius 1 is 1.33 bits per heavy atom. The number of aliphatic carboxylic acids is 1. The fraction of sp³-hybridized carbons (Fsp3) is 0.400. The van der Waals surface area contributed by atoms with Crippen LogP contribution in [0.15, 0.2) is 30.3 Å². The number of carbonyl (C=O) groups excluding carboxylic acids is 2. The van der Waals surface area contributed by atoms with E-state index in [2.05, 4.69) is 0 Å². The maximum absolute atomic E-state index is 12.4. The van der Waals surface area contributed by atoms with Crippen molar-refractivity contribution in [2.75, 3.05) is 5.75 Å². The van der Waals surface area contributed by atoms with Gasteiger partial charge in [0.2, 0.25) is 5.91 Å². The van der Waals surface area contributed by atoms with E-state index in [-0.39, 0.29) is 24.0 Å². The molecule has 21 heavy (non-hydrogen) atoms. The van der Waals surface area contributed by atoms with Crippen molar-refractivity contribution in [2.45, 2.75) is 25.9 Å². The molecule has 0 aliphatic carbocycles. The number of thioether (sulfide) groups is 1. The predicted octanol–water partition coefficient (Wildman–Crippen LogP) is 1.77. The Balaban J connectivity index is 2.11. The average molecular weight is 307 g/mol. The van der Waals surface area contributed by atoms with Gasteiger partial charge in [0.25, 0.3) is 0 Å². The number of hydrogen-bond acceptors (Lipinski definition) is 4. The van der Waals surface area contributed by atoms with Crippen LogP contribution in [0.4, 0.5) is 0 Å². The minimum atomic E-state index is -0.991. The third kappa shape index (κ3) is 3.85. The number of amides is 1. The third-order valence-electron chi connectivity index (χ3n) is 3.48. The van der Waals surface area contributed by atoms with E-state index in [1.165, 1.54) is 11.8 Å². The van der Waals surface area contributed by atoms with E-state index in [4.69, 9.17) is 0 Å². The van der Waals surface area contributed by atoms with Crippen LogP contribution in [-0.4, -0.2) is 38.8 Å². The summed E-state index contributed by atoms with van der Waals surface area (Å²) in [6, 6.07) is 8.50. The summed E-state index contributed by atoms with van der Waals surface area (Å²) in [4.78, 5) is 36.2. The number of carboxylic acid groups (broad SMARTS) is 1. The van der Waals surface area contributed by atoms with Crippen molar-refractivity contribution in [1.82, 2.24) is 4.90 Å². The molecule has 1 amide bonds. The highest BCUT2D eigenvalue weighted by Crippen LogP contribution is 2.29. The van der Waals surface area contributed by atoms with Gasteiger partial charge in [-0.1, -0.05) is 42.1 Å². The maximum Gasteiger partial charge on any atom is 0.326 e. The zero-order valence-electron chi connectivity index (χ0n) is 11.7. The lowest BCUT2D eigenvalue weighted by Gasteiger charge is -2.21. The molecule has 1 saturated heterocycles. The SMILES string of the molecule is CC(=O)SCC1CC(C(=O)O)N(Cc2ccccc2)C1=O. The Morgan fingerprint density at radius 3 is 2.57 bits per heavy atom. The number of benzene rings is 1. The highest BCUT2D eigenvalue weighted by atomic mass is 32.2. The van der Waals surface area contributed by atoms with Gasteiger partial charge in [-0.15, -0.1) is 0 Å². The molecule has 1 N–H and O–H groups in total. The summed E-state index contributed by atoms with van der Waals surface area (Å²) in [5.41, 5.74) is 0.900. The second-order valence-electron chi connectivity index (χ2n) is 5.04. The Hall–Kier alpha value is -1.82. The van der Waals surface area contributed by atoms with Crippen LogP contribution in [0, 0.1) is 5.92 Å². The smallest absolute Gasteiger partial charge is 0.326 e. The Kier molecular flexibility index (Phi) is 5.01. The normalized spacial score (nSPS) is 21.6. The fourth-order valence-corrected chi connectivity index (χ4v) is 3.16. The third-order valence-corrected chi connectivity index (χ3v) is 4.46. The number of carbonyl (C=O) groups is 3. The molecular weight excluding hydrogens is 290 g/mol.